The number of carbonyl (C=O) groups is 1. The third kappa shape index (κ3) is 3.66. The number of esters is 1. The lowest BCUT2D eigenvalue weighted by molar-refractivity contribution is 0.0594. The van der Waals surface area contributed by atoms with Crippen molar-refractivity contribution in [2.24, 2.45) is 0 Å². The molecule has 0 saturated heterocycles. The Balaban J connectivity index is 1.58. The minimum atomic E-state index is -0.427. The van der Waals surface area contributed by atoms with Gasteiger partial charge in [-0.3, -0.25) is 0 Å². The number of fused-ring (bicyclic) bond motifs is 1. The highest BCUT2D eigenvalue weighted by atomic mass is 16.5. The zero-order chi connectivity index (χ0) is 16.1. The molecular formula is C19H17NO3. The molecule has 0 spiro atoms. The summed E-state index contributed by atoms with van der Waals surface area (Å²) in [6, 6.07) is 17.8. The van der Waals surface area contributed by atoms with Crippen LogP contribution >= 0.6 is 0 Å². The molecule has 0 bridgehead atoms. The van der Waals surface area contributed by atoms with Gasteiger partial charge in [-0.1, -0.05) is 36.4 Å². The molecule has 0 atom stereocenters. The first-order chi connectivity index (χ1) is 11.3. The van der Waals surface area contributed by atoms with Crippen LogP contribution in [0.25, 0.3) is 10.8 Å². The van der Waals surface area contributed by atoms with Crippen LogP contribution in [0, 0.1) is 0 Å². The summed E-state index contributed by atoms with van der Waals surface area (Å²) in [6.07, 6.45) is 2.40. The number of carbonyl (C=O) groups excluding carboxylic acids is 1. The smallest absolute Gasteiger partial charge is 0.356 e. The SMILES string of the molecule is COC(=O)c1ccc(CCOc2ccc3ccccc3c2)cn1. The molecule has 0 aliphatic carbocycles. The van der Waals surface area contributed by atoms with E-state index in [1.54, 1.807) is 12.3 Å². The first kappa shape index (κ1) is 15.0. The number of nitrogens with zero attached hydrogens (tertiary/aromatic N) is 1. The average molecular weight is 307 g/mol. The monoisotopic (exact) mass is 307 g/mol. The number of hydrogen-bond donors (Lipinski definition) is 0. The quantitative estimate of drug-likeness (QED) is 0.675. The molecule has 4 nitrogen and oxygen atoms in total. The van der Waals surface area contributed by atoms with Crippen molar-refractivity contribution >= 4 is 16.7 Å². The third-order valence-electron chi connectivity index (χ3n) is 3.60. The van der Waals surface area contributed by atoms with Crippen molar-refractivity contribution in [1.82, 2.24) is 4.98 Å². The van der Waals surface area contributed by atoms with Gasteiger partial charge in [0.1, 0.15) is 11.4 Å². The molecule has 0 fully saturated rings. The molecular weight excluding hydrogens is 290 g/mol. The number of pyridine rings is 1. The van der Waals surface area contributed by atoms with E-state index in [1.165, 1.54) is 12.5 Å². The van der Waals surface area contributed by atoms with Gasteiger partial charge >= 0.3 is 5.97 Å². The molecule has 0 unspecified atom stereocenters. The number of benzene rings is 2. The second-order valence-corrected chi connectivity index (χ2v) is 5.15. The van der Waals surface area contributed by atoms with Crippen molar-refractivity contribution in [2.45, 2.75) is 6.42 Å². The van der Waals surface area contributed by atoms with Crippen LogP contribution in [-0.4, -0.2) is 24.7 Å². The fraction of sp³-hybridized carbons (Fsp3) is 0.158. The third-order valence-corrected chi connectivity index (χ3v) is 3.60. The minimum absolute atomic E-state index is 0.312. The van der Waals surface area contributed by atoms with E-state index in [4.69, 9.17) is 4.74 Å². The molecule has 4 heteroatoms. The van der Waals surface area contributed by atoms with Gasteiger partial charge in [-0.2, -0.15) is 0 Å². The maximum Gasteiger partial charge on any atom is 0.356 e. The van der Waals surface area contributed by atoms with Gasteiger partial charge in [0.2, 0.25) is 0 Å². The Labute approximate surface area is 134 Å². The molecule has 0 aliphatic heterocycles. The molecule has 23 heavy (non-hydrogen) atoms. The average Bonchev–Trinajstić information content (AvgIpc) is 2.61. The molecule has 1 aromatic heterocycles. The van der Waals surface area contributed by atoms with Crippen molar-refractivity contribution in [3.8, 4) is 5.75 Å². The van der Waals surface area contributed by atoms with Gasteiger partial charge in [0, 0.05) is 12.6 Å². The fourth-order valence-corrected chi connectivity index (χ4v) is 2.34. The van der Waals surface area contributed by atoms with E-state index in [1.807, 2.05) is 30.3 Å². The molecule has 0 aliphatic rings. The van der Waals surface area contributed by atoms with Crippen LogP contribution < -0.4 is 4.74 Å². The zero-order valence-corrected chi connectivity index (χ0v) is 12.9. The summed E-state index contributed by atoms with van der Waals surface area (Å²) >= 11 is 0. The minimum Gasteiger partial charge on any atom is -0.493 e. The largest absolute Gasteiger partial charge is 0.493 e. The summed E-state index contributed by atoms with van der Waals surface area (Å²) in [4.78, 5) is 15.4. The Morgan fingerprint density at radius 1 is 1.04 bits per heavy atom. The second kappa shape index (κ2) is 6.92. The van der Waals surface area contributed by atoms with E-state index in [0.717, 1.165) is 23.1 Å². The summed E-state index contributed by atoms with van der Waals surface area (Å²) in [7, 11) is 1.34. The predicted molar refractivity (Wildman–Crippen MR) is 88.7 cm³/mol. The maximum atomic E-state index is 11.3. The molecule has 3 aromatic rings. The predicted octanol–water partition coefficient (Wildman–Crippen LogP) is 3.64. The van der Waals surface area contributed by atoms with Crippen molar-refractivity contribution in [1.29, 1.82) is 0 Å². The topological polar surface area (TPSA) is 48.4 Å². The van der Waals surface area contributed by atoms with Gasteiger partial charge in [0.05, 0.1) is 13.7 Å². The van der Waals surface area contributed by atoms with Crippen LogP contribution in [0.5, 0.6) is 5.75 Å². The molecule has 1 heterocycles. The highest BCUT2D eigenvalue weighted by molar-refractivity contribution is 5.87. The molecule has 116 valence electrons. The molecule has 0 amide bonds. The van der Waals surface area contributed by atoms with Crippen LogP contribution in [0.1, 0.15) is 16.1 Å². The highest BCUT2D eigenvalue weighted by Gasteiger charge is 2.06. The Morgan fingerprint density at radius 3 is 2.61 bits per heavy atom. The summed E-state index contributed by atoms with van der Waals surface area (Å²) < 4.78 is 10.4. The molecule has 2 aromatic carbocycles. The van der Waals surface area contributed by atoms with Crippen molar-refractivity contribution in [3.05, 3.63) is 72.1 Å². The lowest BCUT2D eigenvalue weighted by Crippen LogP contribution is -2.06. The van der Waals surface area contributed by atoms with Crippen LogP contribution in [0.15, 0.2) is 60.8 Å². The Hall–Kier alpha value is -2.88. The van der Waals surface area contributed by atoms with Gasteiger partial charge in [0.15, 0.2) is 0 Å². The van der Waals surface area contributed by atoms with Crippen LogP contribution in [0.3, 0.4) is 0 Å². The lowest BCUT2D eigenvalue weighted by Gasteiger charge is -2.07. The second-order valence-electron chi connectivity index (χ2n) is 5.15. The zero-order valence-electron chi connectivity index (χ0n) is 12.9. The Bertz CT molecular complexity index is 812. The van der Waals surface area contributed by atoms with E-state index in [2.05, 4.69) is 27.9 Å². The van der Waals surface area contributed by atoms with Crippen LogP contribution in [0.4, 0.5) is 0 Å². The van der Waals surface area contributed by atoms with Crippen molar-refractivity contribution in [2.75, 3.05) is 13.7 Å². The lowest BCUT2D eigenvalue weighted by atomic mass is 10.1. The summed E-state index contributed by atoms with van der Waals surface area (Å²) in [5, 5.41) is 2.36. The van der Waals surface area contributed by atoms with E-state index < -0.39 is 5.97 Å². The highest BCUT2D eigenvalue weighted by Crippen LogP contribution is 2.20. The van der Waals surface area contributed by atoms with E-state index >= 15 is 0 Å². The number of ether oxygens (including phenoxy) is 2. The van der Waals surface area contributed by atoms with E-state index in [9.17, 15) is 4.79 Å². The first-order valence-corrected chi connectivity index (χ1v) is 7.41. The molecule has 3 rings (SSSR count). The van der Waals surface area contributed by atoms with Gasteiger partial charge in [0.25, 0.3) is 0 Å². The van der Waals surface area contributed by atoms with Gasteiger partial charge in [-0.05, 0) is 34.5 Å². The summed E-state index contributed by atoms with van der Waals surface area (Å²) in [5.74, 6) is 0.423. The van der Waals surface area contributed by atoms with Crippen molar-refractivity contribution in [3.63, 3.8) is 0 Å². The van der Waals surface area contributed by atoms with Gasteiger partial charge < -0.3 is 9.47 Å². The normalized spacial score (nSPS) is 10.5. The maximum absolute atomic E-state index is 11.3. The fourth-order valence-electron chi connectivity index (χ4n) is 2.34. The molecule has 0 saturated carbocycles. The standard InChI is InChI=1S/C19H17NO3/c1-22-19(21)18-9-6-14(13-20-18)10-11-23-17-8-7-15-4-2-3-5-16(15)12-17/h2-9,12-13H,10-11H2,1H3. The Kier molecular flexibility index (Phi) is 4.52. The van der Waals surface area contributed by atoms with Gasteiger partial charge in [-0.25, -0.2) is 9.78 Å². The number of hydrogen-bond acceptors (Lipinski definition) is 4. The van der Waals surface area contributed by atoms with Crippen LogP contribution in [0.2, 0.25) is 0 Å². The number of methoxy groups -OCH3 is 1. The van der Waals surface area contributed by atoms with Crippen molar-refractivity contribution < 1.29 is 14.3 Å². The Morgan fingerprint density at radius 2 is 1.87 bits per heavy atom. The molecule has 0 N–H and O–H groups in total. The van der Waals surface area contributed by atoms with Gasteiger partial charge in [-0.15, -0.1) is 0 Å². The summed E-state index contributed by atoms with van der Waals surface area (Å²) in [6.45, 7) is 0.553. The number of aromatic nitrogens is 1. The molecule has 0 radical (unpaired) electrons. The van der Waals surface area contributed by atoms with Crippen LogP contribution in [-0.2, 0) is 11.2 Å². The summed E-state index contributed by atoms with van der Waals surface area (Å²) in [5.41, 5.74) is 1.32. The first-order valence-electron chi connectivity index (χ1n) is 7.41. The number of rotatable bonds is 5. The van der Waals surface area contributed by atoms with E-state index in [0.29, 0.717) is 12.3 Å². The van der Waals surface area contributed by atoms with E-state index in [-0.39, 0.29) is 0 Å².